The third-order valence-electron chi connectivity index (χ3n) is 3.21. The normalized spacial score (nSPS) is 45.5. The lowest BCUT2D eigenvalue weighted by molar-refractivity contribution is -0.126. The van der Waals surface area contributed by atoms with Gasteiger partial charge >= 0.3 is 0 Å². The third-order valence-corrected chi connectivity index (χ3v) is 3.21. The Hall–Kier alpha value is -0.990. The van der Waals surface area contributed by atoms with Crippen molar-refractivity contribution >= 4 is 5.91 Å². The minimum Gasteiger partial charge on any atom is -0.510 e. The fourth-order valence-corrected chi connectivity index (χ4v) is 2.66. The average Bonchev–Trinajstić information content (AvgIpc) is 2.40. The molecule has 2 bridgehead atoms. The molecule has 3 fully saturated rings. The van der Waals surface area contributed by atoms with E-state index >= 15 is 0 Å². The van der Waals surface area contributed by atoms with Crippen LogP contribution in [0.5, 0.6) is 0 Å². The third kappa shape index (κ3) is 0.406. The van der Waals surface area contributed by atoms with E-state index in [4.69, 9.17) is 0 Å². The van der Waals surface area contributed by atoms with Gasteiger partial charge in [-0.25, -0.2) is 0 Å². The summed E-state index contributed by atoms with van der Waals surface area (Å²) >= 11 is 0. The van der Waals surface area contributed by atoms with E-state index in [2.05, 4.69) is 0 Å². The molecular formula is C8H9NO2. The highest BCUT2D eigenvalue weighted by molar-refractivity contribution is 5.93. The van der Waals surface area contributed by atoms with Crippen LogP contribution in [0.1, 0.15) is 12.8 Å². The molecular weight excluding hydrogens is 142 g/mol. The zero-order valence-corrected chi connectivity index (χ0v) is 6.08. The van der Waals surface area contributed by atoms with Crippen LogP contribution in [0.15, 0.2) is 11.8 Å². The molecule has 0 unspecified atom stereocenters. The van der Waals surface area contributed by atoms with E-state index < -0.39 is 0 Å². The number of aliphatic hydroxyl groups is 1. The lowest BCUT2D eigenvalue weighted by Gasteiger charge is -2.37. The molecule has 0 aromatic rings. The molecule has 58 valence electrons. The Morgan fingerprint density at radius 1 is 1.64 bits per heavy atom. The van der Waals surface area contributed by atoms with Gasteiger partial charge in [0.15, 0.2) is 0 Å². The van der Waals surface area contributed by atoms with Gasteiger partial charge in [-0.15, -0.1) is 0 Å². The van der Waals surface area contributed by atoms with Gasteiger partial charge < -0.3 is 10.0 Å². The minimum atomic E-state index is -0.220. The molecule has 3 aliphatic heterocycles. The van der Waals surface area contributed by atoms with Crippen LogP contribution in [0.3, 0.4) is 0 Å². The number of carbonyl (C=O) groups is 1. The smallest absolute Gasteiger partial charge is 0.250 e. The Labute approximate surface area is 64.3 Å². The fourth-order valence-electron chi connectivity index (χ4n) is 2.66. The van der Waals surface area contributed by atoms with Crippen LogP contribution >= 0.6 is 0 Å². The highest BCUT2D eigenvalue weighted by atomic mass is 16.3. The molecule has 1 saturated carbocycles. The SMILES string of the molecule is O=C1C=C(O)C23CC(CN12)C3. The van der Waals surface area contributed by atoms with E-state index in [1.807, 2.05) is 4.90 Å². The summed E-state index contributed by atoms with van der Waals surface area (Å²) < 4.78 is 0. The number of nitrogens with zero attached hydrogens (tertiary/aromatic N) is 1. The molecule has 3 heteroatoms. The molecule has 0 aromatic carbocycles. The van der Waals surface area contributed by atoms with Gasteiger partial charge in [0.05, 0.1) is 0 Å². The van der Waals surface area contributed by atoms with Gasteiger partial charge in [0, 0.05) is 12.6 Å². The number of hydrogen-bond acceptors (Lipinski definition) is 2. The summed E-state index contributed by atoms with van der Waals surface area (Å²) in [6.45, 7) is 0.861. The van der Waals surface area contributed by atoms with E-state index in [1.54, 1.807) is 0 Å². The van der Waals surface area contributed by atoms with Crippen molar-refractivity contribution in [2.45, 2.75) is 18.4 Å². The van der Waals surface area contributed by atoms with Crippen LogP contribution in [-0.2, 0) is 4.79 Å². The number of rotatable bonds is 0. The predicted octanol–water partition coefficient (Wildman–Crippen LogP) is 0.433. The number of carbonyl (C=O) groups excluding carboxylic acids is 1. The van der Waals surface area contributed by atoms with E-state index in [-0.39, 0.29) is 11.4 Å². The highest BCUT2D eigenvalue weighted by Crippen LogP contribution is 2.56. The summed E-state index contributed by atoms with van der Waals surface area (Å²) in [6, 6.07) is 0. The van der Waals surface area contributed by atoms with Crippen LogP contribution in [0.2, 0.25) is 0 Å². The molecule has 4 rings (SSSR count). The second-order valence-electron chi connectivity index (χ2n) is 3.78. The molecule has 0 aromatic heterocycles. The number of hydrogen-bond donors (Lipinski definition) is 1. The van der Waals surface area contributed by atoms with Gasteiger partial charge in [-0.05, 0) is 18.8 Å². The second-order valence-corrected chi connectivity index (χ2v) is 3.78. The molecule has 1 aliphatic carbocycles. The van der Waals surface area contributed by atoms with Crippen molar-refractivity contribution in [1.82, 2.24) is 4.90 Å². The van der Waals surface area contributed by atoms with Gasteiger partial charge in [0.25, 0.3) is 5.91 Å². The largest absolute Gasteiger partial charge is 0.510 e. The molecule has 2 saturated heterocycles. The second kappa shape index (κ2) is 1.31. The van der Waals surface area contributed by atoms with Crippen molar-refractivity contribution in [2.24, 2.45) is 5.92 Å². The quantitative estimate of drug-likeness (QED) is 0.545. The first kappa shape index (κ1) is 5.63. The summed E-state index contributed by atoms with van der Waals surface area (Å²) in [4.78, 5) is 13.0. The molecule has 3 heterocycles. The predicted molar refractivity (Wildman–Crippen MR) is 37.9 cm³/mol. The van der Waals surface area contributed by atoms with Crippen LogP contribution in [0, 0.1) is 5.92 Å². The van der Waals surface area contributed by atoms with Gasteiger partial charge in [0.2, 0.25) is 0 Å². The standard InChI is InChI=1S/C8H9NO2/c10-6-1-7(11)9-4-5-2-8(6,9)3-5/h1,5,10H,2-4H2. The minimum absolute atomic E-state index is 0.00231. The van der Waals surface area contributed by atoms with Crippen molar-refractivity contribution in [3.63, 3.8) is 0 Å². The Bertz CT molecular complexity index is 276. The Morgan fingerprint density at radius 2 is 2.36 bits per heavy atom. The van der Waals surface area contributed by atoms with Gasteiger partial charge in [-0.3, -0.25) is 4.79 Å². The topological polar surface area (TPSA) is 40.5 Å². The van der Waals surface area contributed by atoms with Crippen molar-refractivity contribution in [2.75, 3.05) is 6.54 Å². The average molecular weight is 151 g/mol. The highest BCUT2D eigenvalue weighted by Gasteiger charge is 2.62. The Morgan fingerprint density at radius 3 is 3.00 bits per heavy atom. The summed E-state index contributed by atoms with van der Waals surface area (Å²) in [5.41, 5.74) is -0.220. The van der Waals surface area contributed by atoms with Crippen LogP contribution in [-0.4, -0.2) is 28.0 Å². The van der Waals surface area contributed by atoms with Crippen molar-refractivity contribution in [3.8, 4) is 0 Å². The number of amides is 1. The summed E-state index contributed by atoms with van der Waals surface area (Å²) in [7, 11) is 0. The van der Waals surface area contributed by atoms with E-state index in [0.717, 1.165) is 19.4 Å². The first-order chi connectivity index (χ1) is 5.22. The van der Waals surface area contributed by atoms with E-state index in [9.17, 15) is 9.90 Å². The Kier molecular flexibility index (Phi) is 0.671. The van der Waals surface area contributed by atoms with E-state index in [1.165, 1.54) is 6.08 Å². The van der Waals surface area contributed by atoms with Crippen LogP contribution in [0.25, 0.3) is 0 Å². The monoisotopic (exact) mass is 151 g/mol. The fraction of sp³-hybridized carbons (Fsp3) is 0.625. The molecule has 1 N–H and O–H groups in total. The molecule has 0 radical (unpaired) electrons. The maximum atomic E-state index is 11.2. The summed E-state index contributed by atoms with van der Waals surface area (Å²) in [5.74, 6) is 0.966. The lowest BCUT2D eigenvalue weighted by Crippen LogP contribution is -2.44. The first-order valence-corrected chi connectivity index (χ1v) is 3.95. The molecule has 4 aliphatic rings. The van der Waals surface area contributed by atoms with Gasteiger partial charge in [0.1, 0.15) is 11.3 Å². The summed E-state index contributed by atoms with van der Waals surface area (Å²) in [5, 5.41) is 9.47. The molecule has 11 heavy (non-hydrogen) atoms. The molecule has 3 nitrogen and oxygen atoms in total. The van der Waals surface area contributed by atoms with Crippen molar-refractivity contribution in [3.05, 3.63) is 11.8 Å². The van der Waals surface area contributed by atoms with Gasteiger partial charge in [-0.1, -0.05) is 0 Å². The van der Waals surface area contributed by atoms with Gasteiger partial charge in [-0.2, -0.15) is 0 Å². The molecule has 1 amide bonds. The lowest BCUT2D eigenvalue weighted by atomic mass is 9.73. The zero-order chi connectivity index (χ0) is 7.64. The number of aliphatic hydroxyl groups excluding tert-OH is 1. The summed E-state index contributed by atoms with van der Waals surface area (Å²) in [6.07, 6.45) is 3.34. The molecule has 0 atom stereocenters. The maximum Gasteiger partial charge on any atom is 0.250 e. The maximum absolute atomic E-state index is 11.2. The van der Waals surface area contributed by atoms with Crippen LogP contribution < -0.4 is 0 Å². The van der Waals surface area contributed by atoms with E-state index in [0.29, 0.717) is 11.7 Å². The zero-order valence-electron chi connectivity index (χ0n) is 6.08. The van der Waals surface area contributed by atoms with Crippen LogP contribution in [0.4, 0.5) is 0 Å². The first-order valence-electron chi connectivity index (χ1n) is 3.95. The Balaban J connectivity index is 2.13. The molecule has 1 spiro atoms. The van der Waals surface area contributed by atoms with Crippen molar-refractivity contribution < 1.29 is 9.90 Å². The van der Waals surface area contributed by atoms with Crippen molar-refractivity contribution in [1.29, 1.82) is 0 Å².